The van der Waals surface area contributed by atoms with E-state index in [-0.39, 0.29) is 0 Å². The van der Waals surface area contributed by atoms with Gasteiger partial charge in [-0.25, -0.2) is 0 Å². The summed E-state index contributed by atoms with van der Waals surface area (Å²) in [7, 11) is 1.70. The number of ether oxygens (including phenoxy) is 1. The molecule has 0 aliphatic carbocycles. The van der Waals surface area contributed by atoms with Crippen molar-refractivity contribution in [3.05, 3.63) is 69.2 Å². The zero-order valence-electron chi connectivity index (χ0n) is 11.8. The van der Waals surface area contributed by atoms with Crippen molar-refractivity contribution in [3.63, 3.8) is 0 Å². The van der Waals surface area contributed by atoms with Crippen LogP contribution in [0.25, 0.3) is 0 Å². The fraction of sp³-hybridized carbons (Fsp3) is 0.294. The molecule has 2 aromatic carbocycles. The summed E-state index contributed by atoms with van der Waals surface area (Å²) < 4.78 is 6.09. The first-order chi connectivity index (χ1) is 9.63. The van der Waals surface area contributed by atoms with Crippen molar-refractivity contribution >= 4 is 15.9 Å². The molecule has 1 N–H and O–H groups in total. The van der Waals surface area contributed by atoms with E-state index in [0.717, 1.165) is 27.6 Å². The summed E-state index contributed by atoms with van der Waals surface area (Å²) in [6.07, 6.45) is 0.298. The van der Waals surface area contributed by atoms with Crippen LogP contribution in [0, 0.1) is 6.92 Å². The highest BCUT2D eigenvalue weighted by molar-refractivity contribution is 9.10. The first-order valence-corrected chi connectivity index (χ1v) is 7.43. The normalized spacial score (nSPS) is 12.4. The number of methoxy groups -OCH3 is 1. The van der Waals surface area contributed by atoms with E-state index in [4.69, 9.17) is 4.74 Å². The Bertz CT molecular complexity index is 564. The van der Waals surface area contributed by atoms with E-state index in [2.05, 4.69) is 15.9 Å². The second-order valence-corrected chi connectivity index (χ2v) is 5.70. The van der Waals surface area contributed by atoms with Gasteiger partial charge in [0.2, 0.25) is 0 Å². The Labute approximate surface area is 128 Å². The van der Waals surface area contributed by atoms with Crippen LogP contribution >= 0.6 is 15.9 Å². The standard InChI is InChI=1S/C17H19BrO2/c1-12-15(4-3-5-16(12)18)17(19)14-8-6-13(7-9-14)10-11-20-2/h3-9,17,19H,10-11H2,1-2H3. The van der Waals surface area contributed by atoms with Gasteiger partial charge in [-0.15, -0.1) is 0 Å². The molecule has 2 nitrogen and oxygen atoms in total. The summed E-state index contributed by atoms with van der Waals surface area (Å²) in [6.45, 7) is 2.72. The number of aliphatic hydroxyl groups excluding tert-OH is 1. The lowest BCUT2D eigenvalue weighted by molar-refractivity contribution is 0.202. The van der Waals surface area contributed by atoms with E-state index >= 15 is 0 Å². The molecule has 0 spiro atoms. The van der Waals surface area contributed by atoms with Crippen molar-refractivity contribution < 1.29 is 9.84 Å². The van der Waals surface area contributed by atoms with Crippen LogP contribution in [0.5, 0.6) is 0 Å². The van der Waals surface area contributed by atoms with Gasteiger partial charge in [-0.2, -0.15) is 0 Å². The van der Waals surface area contributed by atoms with Gasteiger partial charge in [0.1, 0.15) is 6.10 Å². The van der Waals surface area contributed by atoms with Crippen molar-refractivity contribution in [2.45, 2.75) is 19.4 Å². The lowest BCUT2D eigenvalue weighted by Crippen LogP contribution is -2.03. The van der Waals surface area contributed by atoms with Gasteiger partial charge in [0, 0.05) is 11.6 Å². The molecule has 1 atom stereocenters. The van der Waals surface area contributed by atoms with Crippen LogP contribution in [0.4, 0.5) is 0 Å². The quantitative estimate of drug-likeness (QED) is 0.894. The fourth-order valence-electron chi connectivity index (χ4n) is 2.19. The van der Waals surface area contributed by atoms with Gasteiger partial charge in [-0.3, -0.25) is 0 Å². The third-order valence-electron chi connectivity index (χ3n) is 3.49. The molecule has 0 amide bonds. The second kappa shape index (κ2) is 7.02. The Morgan fingerprint density at radius 1 is 1.15 bits per heavy atom. The summed E-state index contributed by atoms with van der Waals surface area (Å²) >= 11 is 3.50. The van der Waals surface area contributed by atoms with Crippen molar-refractivity contribution in [2.24, 2.45) is 0 Å². The smallest absolute Gasteiger partial charge is 0.104 e. The molecule has 0 saturated heterocycles. The van der Waals surface area contributed by atoms with Crippen molar-refractivity contribution in [1.29, 1.82) is 0 Å². The molecule has 0 aliphatic heterocycles. The van der Waals surface area contributed by atoms with Crippen LogP contribution in [0.1, 0.15) is 28.4 Å². The van der Waals surface area contributed by atoms with Crippen molar-refractivity contribution in [2.75, 3.05) is 13.7 Å². The minimum Gasteiger partial charge on any atom is -0.384 e. The Balaban J connectivity index is 2.20. The van der Waals surface area contributed by atoms with E-state index in [1.54, 1.807) is 7.11 Å². The lowest BCUT2D eigenvalue weighted by atomic mass is 9.96. The summed E-state index contributed by atoms with van der Waals surface area (Å²) in [5.41, 5.74) is 4.13. The number of hydrogen-bond acceptors (Lipinski definition) is 2. The highest BCUT2D eigenvalue weighted by Gasteiger charge is 2.13. The third kappa shape index (κ3) is 3.48. The minimum absolute atomic E-state index is 0.594. The molecule has 0 radical (unpaired) electrons. The van der Waals surface area contributed by atoms with E-state index in [1.165, 1.54) is 5.56 Å². The first-order valence-electron chi connectivity index (χ1n) is 6.64. The molecule has 0 fully saturated rings. The van der Waals surface area contributed by atoms with Gasteiger partial charge in [0.25, 0.3) is 0 Å². The predicted molar refractivity (Wildman–Crippen MR) is 85.0 cm³/mol. The van der Waals surface area contributed by atoms with Crippen molar-refractivity contribution in [3.8, 4) is 0 Å². The predicted octanol–water partition coefficient (Wildman–Crippen LogP) is 4.03. The molecule has 0 bridgehead atoms. The molecule has 0 saturated carbocycles. The number of aliphatic hydroxyl groups is 1. The Morgan fingerprint density at radius 2 is 1.85 bits per heavy atom. The number of benzene rings is 2. The molecule has 2 rings (SSSR count). The van der Waals surface area contributed by atoms with E-state index < -0.39 is 6.10 Å². The van der Waals surface area contributed by atoms with E-state index in [1.807, 2.05) is 49.4 Å². The Morgan fingerprint density at radius 3 is 2.50 bits per heavy atom. The maximum Gasteiger partial charge on any atom is 0.104 e. The molecule has 0 aromatic heterocycles. The molecule has 0 aliphatic rings. The lowest BCUT2D eigenvalue weighted by Gasteiger charge is -2.15. The highest BCUT2D eigenvalue weighted by atomic mass is 79.9. The van der Waals surface area contributed by atoms with Crippen molar-refractivity contribution in [1.82, 2.24) is 0 Å². The van der Waals surface area contributed by atoms with Crippen LogP contribution in [-0.4, -0.2) is 18.8 Å². The van der Waals surface area contributed by atoms with Gasteiger partial charge < -0.3 is 9.84 Å². The number of rotatable bonds is 5. The van der Waals surface area contributed by atoms with E-state index in [9.17, 15) is 5.11 Å². The van der Waals surface area contributed by atoms with Crippen LogP contribution in [0.3, 0.4) is 0 Å². The SMILES string of the molecule is COCCc1ccc(C(O)c2cccc(Br)c2C)cc1. The number of hydrogen-bond donors (Lipinski definition) is 1. The Hall–Kier alpha value is -1.16. The van der Waals surface area contributed by atoms with Crippen LogP contribution < -0.4 is 0 Å². The van der Waals surface area contributed by atoms with Gasteiger partial charge in [0.15, 0.2) is 0 Å². The zero-order valence-corrected chi connectivity index (χ0v) is 13.4. The molecule has 3 heteroatoms. The van der Waals surface area contributed by atoms with Crippen LogP contribution in [-0.2, 0) is 11.2 Å². The monoisotopic (exact) mass is 334 g/mol. The maximum absolute atomic E-state index is 10.5. The molecule has 1 unspecified atom stereocenters. The maximum atomic E-state index is 10.5. The largest absolute Gasteiger partial charge is 0.384 e. The molecular formula is C17H19BrO2. The average molecular weight is 335 g/mol. The minimum atomic E-state index is -0.594. The van der Waals surface area contributed by atoms with Gasteiger partial charge in [0.05, 0.1) is 6.61 Å². The summed E-state index contributed by atoms with van der Waals surface area (Å²) in [5, 5.41) is 10.5. The average Bonchev–Trinajstić information content (AvgIpc) is 2.48. The second-order valence-electron chi connectivity index (χ2n) is 4.84. The summed E-state index contributed by atoms with van der Waals surface area (Å²) in [4.78, 5) is 0. The van der Waals surface area contributed by atoms with Gasteiger partial charge in [-0.1, -0.05) is 52.3 Å². The molecule has 0 heterocycles. The summed E-state index contributed by atoms with van der Waals surface area (Å²) in [5.74, 6) is 0. The molecule has 20 heavy (non-hydrogen) atoms. The zero-order chi connectivity index (χ0) is 14.5. The number of halogens is 1. The molecule has 2 aromatic rings. The molecular weight excluding hydrogens is 316 g/mol. The first kappa shape index (κ1) is 15.2. The third-order valence-corrected chi connectivity index (χ3v) is 4.35. The Kier molecular flexibility index (Phi) is 5.35. The topological polar surface area (TPSA) is 29.5 Å². The van der Waals surface area contributed by atoms with Crippen LogP contribution in [0.2, 0.25) is 0 Å². The van der Waals surface area contributed by atoms with Crippen LogP contribution in [0.15, 0.2) is 46.9 Å². The van der Waals surface area contributed by atoms with E-state index in [0.29, 0.717) is 6.61 Å². The fourth-order valence-corrected chi connectivity index (χ4v) is 2.57. The molecule has 106 valence electrons. The van der Waals surface area contributed by atoms with Gasteiger partial charge >= 0.3 is 0 Å². The van der Waals surface area contributed by atoms with Gasteiger partial charge in [-0.05, 0) is 41.7 Å². The summed E-state index contributed by atoms with van der Waals surface area (Å²) in [6, 6.07) is 14.0. The highest BCUT2D eigenvalue weighted by Crippen LogP contribution is 2.29.